The van der Waals surface area contributed by atoms with E-state index < -0.39 is 0 Å². The molecular weight excluding hydrogens is 248 g/mol. The van der Waals surface area contributed by atoms with E-state index in [1.165, 1.54) is 11.3 Å². The van der Waals surface area contributed by atoms with Gasteiger partial charge in [-0.15, -0.1) is 11.3 Å². The van der Waals surface area contributed by atoms with E-state index in [1.54, 1.807) is 12.4 Å². The number of nitrogen functional groups attached to an aromatic ring is 1. The molecule has 0 spiro atoms. The molecule has 0 unspecified atom stereocenters. The lowest BCUT2D eigenvalue weighted by Gasteiger charge is -1.90. The highest BCUT2D eigenvalue weighted by Crippen LogP contribution is 2.33. The van der Waals surface area contributed by atoms with E-state index in [0.29, 0.717) is 11.7 Å². The number of aromatic nitrogens is 3. The number of thiophene rings is 1. The van der Waals surface area contributed by atoms with Gasteiger partial charge < -0.3 is 10.3 Å². The Balaban J connectivity index is 2.02. The fraction of sp³-hybridized carbons (Fsp3) is 0.0833. The van der Waals surface area contributed by atoms with Gasteiger partial charge in [-0.2, -0.15) is 4.98 Å². The summed E-state index contributed by atoms with van der Waals surface area (Å²) >= 11 is 1.44. The van der Waals surface area contributed by atoms with Crippen LogP contribution in [0.2, 0.25) is 0 Å². The first-order valence-corrected chi connectivity index (χ1v) is 6.16. The van der Waals surface area contributed by atoms with Crippen LogP contribution < -0.4 is 5.73 Å². The first-order valence-electron chi connectivity index (χ1n) is 5.34. The van der Waals surface area contributed by atoms with Gasteiger partial charge in [0.15, 0.2) is 0 Å². The topological polar surface area (TPSA) is 77.8 Å². The molecule has 0 atom stereocenters. The van der Waals surface area contributed by atoms with E-state index in [4.69, 9.17) is 10.3 Å². The van der Waals surface area contributed by atoms with Crippen LogP contribution in [0.1, 0.15) is 5.56 Å². The summed E-state index contributed by atoms with van der Waals surface area (Å²) in [6.45, 7) is 1.97. The summed E-state index contributed by atoms with van der Waals surface area (Å²) in [6, 6.07) is 5.62. The number of nitrogens with zero attached hydrogens (tertiary/aromatic N) is 3. The molecule has 0 saturated carbocycles. The summed E-state index contributed by atoms with van der Waals surface area (Å²) in [5.41, 5.74) is 7.62. The summed E-state index contributed by atoms with van der Waals surface area (Å²) in [7, 11) is 0. The second-order valence-corrected chi connectivity index (χ2v) is 4.91. The fourth-order valence-corrected chi connectivity index (χ4v) is 2.51. The van der Waals surface area contributed by atoms with Crippen LogP contribution in [0.3, 0.4) is 0 Å². The maximum atomic E-state index is 5.75. The number of hydrogen-bond acceptors (Lipinski definition) is 6. The first kappa shape index (κ1) is 10.9. The molecular formula is C12H10N4OS. The molecule has 0 bridgehead atoms. The number of anilines is 1. The van der Waals surface area contributed by atoms with E-state index in [-0.39, 0.29) is 0 Å². The highest BCUT2D eigenvalue weighted by Gasteiger charge is 2.15. The van der Waals surface area contributed by atoms with Gasteiger partial charge in [-0.3, -0.25) is 4.98 Å². The van der Waals surface area contributed by atoms with Gasteiger partial charge in [0.05, 0.1) is 9.88 Å². The molecule has 3 heterocycles. The van der Waals surface area contributed by atoms with Crippen LogP contribution in [-0.2, 0) is 0 Å². The monoisotopic (exact) mass is 258 g/mol. The number of nitrogens with two attached hydrogens (primary N) is 1. The minimum atomic E-state index is 0.494. The van der Waals surface area contributed by atoms with E-state index in [9.17, 15) is 0 Å². The minimum Gasteiger partial charge on any atom is -0.391 e. The highest BCUT2D eigenvalue weighted by atomic mass is 32.1. The third-order valence-corrected chi connectivity index (χ3v) is 3.53. The Morgan fingerprint density at radius 2 is 2.28 bits per heavy atom. The predicted octanol–water partition coefficient (Wildman–Crippen LogP) is 2.75. The Labute approximate surface area is 107 Å². The average Bonchev–Trinajstić information content (AvgIpc) is 2.97. The van der Waals surface area contributed by atoms with Crippen molar-refractivity contribution in [1.82, 2.24) is 15.1 Å². The molecule has 0 amide bonds. The van der Waals surface area contributed by atoms with E-state index in [2.05, 4.69) is 15.1 Å². The number of hydrogen-bond donors (Lipinski definition) is 1. The van der Waals surface area contributed by atoms with Gasteiger partial charge >= 0.3 is 0 Å². The second kappa shape index (κ2) is 4.23. The number of aryl methyl sites for hydroxylation is 1. The highest BCUT2D eigenvalue weighted by molar-refractivity contribution is 7.19. The lowest BCUT2D eigenvalue weighted by atomic mass is 10.2. The molecule has 0 saturated heterocycles. The van der Waals surface area contributed by atoms with Crippen molar-refractivity contribution in [1.29, 1.82) is 0 Å². The van der Waals surface area contributed by atoms with Crippen LogP contribution in [-0.4, -0.2) is 15.1 Å². The van der Waals surface area contributed by atoms with Crippen LogP contribution in [0.15, 0.2) is 35.1 Å². The molecule has 0 aliphatic carbocycles. The van der Waals surface area contributed by atoms with Gasteiger partial charge in [-0.25, -0.2) is 0 Å². The molecule has 2 N–H and O–H groups in total. The molecule has 0 aliphatic rings. The molecule has 18 heavy (non-hydrogen) atoms. The zero-order valence-corrected chi connectivity index (χ0v) is 10.4. The van der Waals surface area contributed by atoms with Crippen LogP contribution >= 0.6 is 11.3 Å². The molecule has 0 aliphatic heterocycles. The van der Waals surface area contributed by atoms with Gasteiger partial charge in [-0.05, 0) is 30.7 Å². The lowest BCUT2D eigenvalue weighted by molar-refractivity contribution is 0.433. The van der Waals surface area contributed by atoms with Gasteiger partial charge in [0.2, 0.25) is 5.82 Å². The van der Waals surface area contributed by atoms with Crippen LogP contribution in [0.5, 0.6) is 0 Å². The smallest absolute Gasteiger partial charge is 0.268 e. The SMILES string of the molecule is Cc1cc(N)sc1-c1nc(-c2cccnc2)no1. The largest absolute Gasteiger partial charge is 0.391 e. The third kappa shape index (κ3) is 1.86. The van der Waals surface area contributed by atoms with Crippen LogP contribution in [0, 0.1) is 6.92 Å². The molecule has 3 rings (SSSR count). The van der Waals surface area contributed by atoms with Crippen molar-refractivity contribution in [2.45, 2.75) is 6.92 Å². The lowest BCUT2D eigenvalue weighted by Crippen LogP contribution is -1.81. The normalized spacial score (nSPS) is 10.7. The van der Waals surface area contributed by atoms with Gasteiger partial charge in [0.1, 0.15) is 0 Å². The van der Waals surface area contributed by atoms with Crippen molar-refractivity contribution in [3.63, 3.8) is 0 Å². The molecule has 3 aromatic heterocycles. The van der Waals surface area contributed by atoms with Crippen molar-refractivity contribution in [3.8, 4) is 22.2 Å². The Bertz CT molecular complexity index is 674. The molecule has 90 valence electrons. The summed E-state index contributed by atoms with van der Waals surface area (Å²) in [5, 5.41) is 4.69. The molecule has 0 aromatic carbocycles. The maximum absolute atomic E-state index is 5.75. The maximum Gasteiger partial charge on any atom is 0.268 e. The second-order valence-electron chi connectivity index (χ2n) is 3.83. The van der Waals surface area contributed by atoms with Crippen molar-refractivity contribution < 1.29 is 4.52 Å². The fourth-order valence-electron chi connectivity index (χ4n) is 1.65. The Morgan fingerprint density at radius 3 is 2.94 bits per heavy atom. The Kier molecular flexibility index (Phi) is 2.56. The van der Waals surface area contributed by atoms with E-state index in [0.717, 1.165) is 21.0 Å². The predicted molar refractivity (Wildman–Crippen MR) is 70.0 cm³/mol. The van der Waals surface area contributed by atoms with Gasteiger partial charge in [-0.1, -0.05) is 5.16 Å². The van der Waals surface area contributed by atoms with Gasteiger partial charge in [0, 0.05) is 18.0 Å². The van der Waals surface area contributed by atoms with Crippen molar-refractivity contribution in [3.05, 3.63) is 36.2 Å². The molecule has 0 radical (unpaired) electrons. The summed E-state index contributed by atoms with van der Waals surface area (Å²) in [4.78, 5) is 9.30. The molecule has 6 heteroatoms. The quantitative estimate of drug-likeness (QED) is 0.764. The summed E-state index contributed by atoms with van der Waals surface area (Å²) < 4.78 is 5.27. The van der Waals surface area contributed by atoms with Crippen molar-refractivity contribution in [2.75, 3.05) is 5.73 Å². The Hall–Kier alpha value is -2.21. The van der Waals surface area contributed by atoms with E-state index in [1.807, 2.05) is 25.1 Å². The zero-order chi connectivity index (χ0) is 12.5. The standard InChI is InChI=1S/C12H10N4OS/c1-7-5-9(13)18-10(7)12-15-11(16-17-12)8-3-2-4-14-6-8/h2-6H,13H2,1H3. The van der Waals surface area contributed by atoms with Gasteiger partial charge in [0.25, 0.3) is 5.89 Å². The summed E-state index contributed by atoms with van der Waals surface area (Å²) in [6.07, 6.45) is 3.40. The molecule has 5 nitrogen and oxygen atoms in total. The third-order valence-electron chi connectivity index (χ3n) is 2.48. The molecule has 0 fully saturated rings. The molecule has 3 aromatic rings. The summed E-state index contributed by atoms with van der Waals surface area (Å²) in [5.74, 6) is 1.03. The zero-order valence-electron chi connectivity index (χ0n) is 9.62. The number of rotatable bonds is 2. The Morgan fingerprint density at radius 1 is 1.39 bits per heavy atom. The first-order chi connectivity index (χ1) is 8.74. The van der Waals surface area contributed by atoms with Crippen LogP contribution in [0.4, 0.5) is 5.00 Å². The number of pyridine rings is 1. The average molecular weight is 258 g/mol. The van der Waals surface area contributed by atoms with Crippen LogP contribution in [0.25, 0.3) is 22.2 Å². The minimum absolute atomic E-state index is 0.494. The van der Waals surface area contributed by atoms with Crippen molar-refractivity contribution >= 4 is 16.3 Å². The van der Waals surface area contributed by atoms with E-state index >= 15 is 0 Å². The van der Waals surface area contributed by atoms with Crippen molar-refractivity contribution in [2.24, 2.45) is 0 Å².